The van der Waals surface area contributed by atoms with Gasteiger partial charge < -0.3 is 10.2 Å². The van der Waals surface area contributed by atoms with Crippen molar-refractivity contribution in [3.8, 4) is 0 Å². The lowest BCUT2D eigenvalue weighted by Gasteiger charge is -2.38. The average molecular weight is 308 g/mol. The van der Waals surface area contributed by atoms with Crippen molar-refractivity contribution >= 4 is 11.3 Å². The summed E-state index contributed by atoms with van der Waals surface area (Å²) in [5.41, 5.74) is 1.75. The Balaban J connectivity index is 1.44. The predicted molar refractivity (Wildman–Crippen MR) is 88.8 cm³/mol. The molecule has 0 bridgehead atoms. The molecule has 3 rings (SSSR count). The molecule has 21 heavy (non-hydrogen) atoms. The molecule has 0 saturated carbocycles. The van der Waals surface area contributed by atoms with Gasteiger partial charge in [-0.2, -0.15) is 0 Å². The molecule has 2 aliphatic heterocycles. The van der Waals surface area contributed by atoms with Crippen molar-refractivity contribution in [1.29, 1.82) is 0 Å². The average Bonchev–Trinajstić information content (AvgIpc) is 3.10. The van der Waals surface area contributed by atoms with Crippen LogP contribution >= 0.6 is 11.3 Å². The molecular weight excluding hydrogens is 280 g/mol. The Hall–Kier alpha value is -0.490. The number of nitrogens with one attached hydrogen (secondary N) is 1. The zero-order chi connectivity index (χ0) is 14.7. The van der Waals surface area contributed by atoms with E-state index in [9.17, 15) is 0 Å². The molecule has 0 aromatic carbocycles. The molecular formula is C16H28N4S. The van der Waals surface area contributed by atoms with E-state index < -0.39 is 0 Å². The highest BCUT2D eigenvalue weighted by Crippen LogP contribution is 2.26. The molecule has 0 radical (unpaired) electrons. The Morgan fingerprint density at radius 3 is 2.67 bits per heavy atom. The van der Waals surface area contributed by atoms with Gasteiger partial charge in [-0.1, -0.05) is 13.8 Å². The lowest BCUT2D eigenvalue weighted by molar-refractivity contribution is 0.0927. The number of aromatic nitrogens is 1. The standard InChI is InChI=1S/C16H28N4S/c1-3-15-18-14(11-21-15)10-19-6-8-20(9-7-19)13-16(2)4-5-17-12-16/h11,17H,3-10,12-13H2,1-2H3. The topological polar surface area (TPSA) is 31.4 Å². The Kier molecular flexibility index (Phi) is 4.94. The summed E-state index contributed by atoms with van der Waals surface area (Å²) in [5.74, 6) is 0. The van der Waals surface area contributed by atoms with E-state index in [0.717, 1.165) is 13.0 Å². The molecule has 2 aliphatic rings. The number of rotatable bonds is 5. The maximum Gasteiger partial charge on any atom is 0.0926 e. The fraction of sp³-hybridized carbons (Fsp3) is 0.812. The van der Waals surface area contributed by atoms with Crippen molar-refractivity contribution in [3.63, 3.8) is 0 Å². The van der Waals surface area contributed by atoms with Crippen LogP contribution in [0.25, 0.3) is 0 Å². The van der Waals surface area contributed by atoms with Crippen molar-refractivity contribution in [2.45, 2.75) is 33.2 Å². The molecule has 2 saturated heterocycles. The second kappa shape index (κ2) is 6.73. The molecule has 3 heterocycles. The third-order valence-electron chi connectivity index (χ3n) is 4.81. The van der Waals surface area contributed by atoms with E-state index in [-0.39, 0.29) is 0 Å². The number of thiazole rings is 1. The van der Waals surface area contributed by atoms with Crippen LogP contribution in [0.1, 0.15) is 31.0 Å². The molecule has 1 aromatic rings. The highest BCUT2D eigenvalue weighted by Gasteiger charge is 2.31. The zero-order valence-corrected chi connectivity index (χ0v) is 14.2. The van der Waals surface area contributed by atoms with Crippen molar-refractivity contribution < 1.29 is 0 Å². The van der Waals surface area contributed by atoms with E-state index in [0.29, 0.717) is 5.41 Å². The lowest BCUT2D eigenvalue weighted by atomic mass is 9.89. The molecule has 0 amide bonds. The van der Waals surface area contributed by atoms with Crippen molar-refractivity contribution in [1.82, 2.24) is 20.1 Å². The van der Waals surface area contributed by atoms with Crippen LogP contribution in [0.2, 0.25) is 0 Å². The van der Waals surface area contributed by atoms with Crippen LogP contribution < -0.4 is 5.32 Å². The minimum Gasteiger partial charge on any atom is -0.316 e. The molecule has 1 N–H and O–H groups in total. The van der Waals surface area contributed by atoms with Gasteiger partial charge in [0, 0.05) is 51.2 Å². The van der Waals surface area contributed by atoms with Gasteiger partial charge in [-0.05, 0) is 24.8 Å². The molecule has 4 nitrogen and oxygen atoms in total. The first-order chi connectivity index (χ1) is 10.2. The summed E-state index contributed by atoms with van der Waals surface area (Å²) in [5, 5.41) is 7.01. The number of aryl methyl sites for hydroxylation is 1. The van der Waals surface area contributed by atoms with E-state index in [4.69, 9.17) is 4.98 Å². The van der Waals surface area contributed by atoms with Gasteiger partial charge in [-0.15, -0.1) is 11.3 Å². The largest absolute Gasteiger partial charge is 0.316 e. The summed E-state index contributed by atoms with van der Waals surface area (Å²) < 4.78 is 0. The summed E-state index contributed by atoms with van der Waals surface area (Å²) in [4.78, 5) is 9.90. The van der Waals surface area contributed by atoms with Gasteiger partial charge in [0.25, 0.3) is 0 Å². The van der Waals surface area contributed by atoms with Gasteiger partial charge in [0.05, 0.1) is 10.7 Å². The monoisotopic (exact) mass is 308 g/mol. The van der Waals surface area contributed by atoms with Crippen LogP contribution in [0, 0.1) is 5.41 Å². The van der Waals surface area contributed by atoms with Crippen LogP contribution in [-0.4, -0.2) is 60.6 Å². The molecule has 118 valence electrons. The zero-order valence-electron chi connectivity index (χ0n) is 13.4. The second-order valence-corrected chi connectivity index (χ2v) is 7.82. The maximum absolute atomic E-state index is 4.69. The van der Waals surface area contributed by atoms with Crippen LogP contribution in [0.15, 0.2) is 5.38 Å². The fourth-order valence-electron chi connectivity index (χ4n) is 3.46. The first-order valence-electron chi connectivity index (χ1n) is 8.26. The predicted octanol–water partition coefficient (Wildman–Crippen LogP) is 1.82. The summed E-state index contributed by atoms with van der Waals surface area (Å²) >= 11 is 1.80. The van der Waals surface area contributed by atoms with Crippen LogP contribution in [0.5, 0.6) is 0 Å². The van der Waals surface area contributed by atoms with E-state index in [1.54, 1.807) is 11.3 Å². The van der Waals surface area contributed by atoms with Crippen molar-refractivity contribution in [3.05, 3.63) is 16.1 Å². The fourth-order valence-corrected chi connectivity index (χ4v) is 4.20. The Bertz CT molecular complexity index is 445. The Morgan fingerprint density at radius 2 is 2.05 bits per heavy atom. The highest BCUT2D eigenvalue weighted by molar-refractivity contribution is 7.09. The Labute approximate surface area is 132 Å². The second-order valence-electron chi connectivity index (χ2n) is 6.88. The number of hydrogen-bond donors (Lipinski definition) is 1. The van der Waals surface area contributed by atoms with Crippen molar-refractivity contribution in [2.75, 3.05) is 45.8 Å². The quantitative estimate of drug-likeness (QED) is 0.899. The normalized spacial score (nSPS) is 28.3. The number of nitrogens with zero attached hydrogens (tertiary/aromatic N) is 3. The van der Waals surface area contributed by atoms with E-state index in [2.05, 4.69) is 34.3 Å². The van der Waals surface area contributed by atoms with Gasteiger partial charge in [-0.3, -0.25) is 4.90 Å². The van der Waals surface area contributed by atoms with Gasteiger partial charge in [0.1, 0.15) is 0 Å². The molecule has 5 heteroatoms. The summed E-state index contributed by atoms with van der Waals surface area (Å²) in [6.45, 7) is 14.1. The van der Waals surface area contributed by atoms with Gasteiger partial charge in [0.15, 0.2) is 0 Å². The molecule has 1 aromatic heterocycles. The highest BCUT2D eigenvalue weighted by atomic mass is 32.1. The molecule has 0 aliphatic carbocycles. The maximum atomic E-state index is 4.69. The van der Waals surface area contributed by atoms with E-state index >= 15 is 0 Å². The minimum absolute atomic E-state index is 0.493. The van der Waals surface area contributed by atoms with Gasteiger partial charge >= 0.3 is 0 Å². The number of hydrogen-bond acceptors (Lipinski definition) is 5. The minimum atomic E-state index is 0.493. The Morgan fingerprint density at radius 1 is 1.29 bits per heavy atom. The summed E-state index contributed by atoms with van der Waals surface area (Å²) in [6, 6.07) is 0. The molecule has 2 fully saturated rings. The van der Waals surface area contributed by atoms with Crippen molar-refractivity contribution in [2.24, 2.45) is 5.41 Å². The molecule has 1 atom stereocenters. The van der Waals surface area contributed by atoms with Crippen LogP contribution in [-0.2, 0) is 13.0 Å². The van der Waals surface area contributed by atoms with Crippen LogP contribution in [0.4, 0.5) is 0 Å². The lowest BCUT2D eigenvalue weighted by Crippen LogP contribution is -2.49. The SMILES string of the molecule is CCc1nc(CN2CCN(CC3(C)CCNC3)CC2)cs1. The summed E-state index contributed by atoms with van der Waals surface area (Å²) in [7, 11) is 0. The van der Waals surface area contributed by atoms with E-state index in [1.165, 1.54) is 62.9 Å². The third-order valence-corrected chi connectivity index (χ3v) is 5.86. The smallest absolute Gasteiger partial charge is 0.0926 e. The molecule has 1 unspecified atom stereocenters. The first kappa shape index (κ1) is 15.4. The van der Waals surface area contributed by atoms with Gasteiger partial charge in [-0.25, -0.2) is 4.98 Å². The number of piperazine rings is 1. The van der Waals surface area contributed by atoms with Gasteiger partial charge in [0.2, 0.25) is 0 Å². The third kappa shape index (κ3) is 4.03. The first-order valence-corrected chi connectivity index (χ1v) is 9.13. The van der Waals surface area contributed by atoms with Crippen LogP contribution in [0.3, 0.4) is 0 Å². The molecule has 0 spiro atoms. The van der Waals surface area contributed by atoms with E-state index in [1.807, 2.05) is 0 Å². The summed E-state index contributed by atoms with van der Waals surface area (Å²) in [6.07, 6.45) is 2.39.